The van der Waals surface area contributed by atoms with E-state index in [1.54, 1.807) is 0 Å². The minimum atomic E-state index is -0.731. The summed E-state index contributed by atoms with van der Waals surface area (Å²) in [6.45, 7) is 4.19. The van der Waals surface area contributed by atoms with Crippen molar-refractivity contribution >= 4 is 29.1 Å². The molecule has 0 aliphatic heterocycles. The van der Waals surface area contributed by atoms with Crippen LogP contribution < -0.4 is 10.6 Å². The second-order valence-corrected chi connectivity index (χ2v) is 6.57. The van der Waals surface area contributed by atoms with E-state index in [0.717, 1.165) is 0 Å². The van der Waals surface area contributed by atoms with Crippen molar-refractivity contribution in [3.8, 4) is 0 Å². The zero-order valence-corrected chi connectivity index (χ0v) is 11.1. The number of hydrogen-bond donors (Lipinski definition) is 0. The van der Waals surface area contributed by atoms with Gasteiger partial charge in [-0.3, -0.25) is 0 Å². The smallest absolute Gasteiger partial charge is 0.0524 e. The third kappa shape index (κ3) is 2.64. The minimum Gasteiger partial charge on any atom is -0.0859 e. The summed E-state index contributed by atoms with van der Waals surface area (Å²) >= 11 is 6.54. The Morgan fingerprint density at radius 2 is 1.25 bits per heavy atom. The molecule has 0 spiro atoms. The van der Waals surface area contributed by atoms with Crippen LogP contribution in [0, 0.1) is 13.8 Å². The van der Waals surface area contributed by atoms with Gasteiger partial charge in [-0.1, -0.05) is 70.9 Å². The Morgan fingerprint density at radius 3 is 1.62 bits per heavy atom. The van der Waals surface area contributed by atoms with Crippen LogP contribution in [0.5, 0.6) is 0 Å². The molecular formula is C14H14ClP. The highest BCUT2D eigenvalue weighted by Crippen LogP contribution is 2.39. The molecule has 2 heteroatoms. The van der Waals surface area contributed by atoms with E-state index in [-0.39, 0.29) is 0 Å². The highest BCUT2D eigenvalue weighted by molar-refractivity contribution is 7.95. The third-order valence-corrected chi connectivity index (χ3v) is 5.09. The molecule has 0 bridgehead atoms. The minimum absolute atomic E-state index is 0.731. The second-order valence-electron chi connectivity index (χ2n) is 3.96. The van der Waals surface area contributed by atoms with Gasteiger partial charge in [-0.25, -0.2) is 0 Å². The van der Waals surface area contributed by atoms with Crippen LogP contribution in [0.1, 0.15) is 11.1 Å². The maximum atomic E-state index is 6.54. The molecule has 0 aromatic heterocycles. The summed E-state index contributed by atoms with van der Waals surface area (Å²) in [5.41, 5.74) is 2.52. The zero-order valence-electron chi connectivity index (χ0n) is 9.44. The second kappa shape index (κ2) is 4.99. The predicted octanol–water partition coefficient (Wildman–Crippen LogP) is 3.89. The first-order valence-corrected chi connectivity index (χ1v) is 7.51. The molecule has 0 aliphatic carbocycles. The van der Waals surface area contributed by atoms with Crippen LogP contribution in [0.15, 0.2) is 48.5 Å². The molecule has 0 saturated carbocycles. The maximum Gasteiger partial charge on any atom is 0.0524 e. The summed E-state index contributed by atoms with van der Waals surface area (Å²) in [5, 5.41) is 2.45. The van der Waals surface area contributed by atoms with Gasteiger partial charge in [-0.2, -0.15) is 0 Å². The van der Waals surface area contributed by atoms with E-state index in [2.05, 4.69) is 62.4 Å². The summed E-state index contributed by atoms with van der Waals surface area (Å²) in [6.07, 6.45) is 0. The van der Waals surface area contributed by atoms with Gasteiger partial charge in [-0.15, -0.1) is 0 Å². The van der Waals surface area contributed by atoms with E-state index in [0.29, 0.717) is 0 Å². The standard InChI is InChI=1S/C14H14ClP/c1-11-5-3-7-13(9-11)16(15)14-8-4-6-12(2)10-14/h3-10H,1-2H3. The lowest BCUT2D eigenvalue weighted by molar-refractivity contribution is 1.49. The quantitative estimate of drug-likeness (QED) is 0.708. The first-order valence-electron chi connectivity index (χ1n) is 5.26. The highest BCUT2D eigenvalue weighted by atomic mass is 35.7. The molecule has 0 fully saturated rings. The van der Waals surface area contributed by atoms with Crippen molar-refractivity contribution in [2.45, 2.75) is 13.8 Å². The topological polar surface area (TPSA) is 0 Å². The van der Waals surface area contributed by atoms with Crippen molar-refractivity contribution in [3.05, 3.63) is 59.7 Å². The van der Waals surface area contributed by atoms with Crippen molar-refractivity contribution in [2.75, 3.05) is 0 Å². The SMILES string of the molecule is Cc1cccc(P(Cl)c2cccc(C)c2)c1. The van der Waals surface area contributed by atoms with Crippen molar-refractivity contribution in [1.82, 2.24) is 0 Å². The molecule has 0 heterocycles. The van der Waals surface area contributed by atoms with E-state index >= 15 is 0 Å². The number of halogens is 1. The fourth-order valence-corrected chi connectivity index (χ4v) is 3.65. The van der Waals surface area contributed by atoms with Gasteiger partial charge >= 0.3 is 0 Å². The Morgan fingerprint density at radius 1 is 0.812 bits per heavy atom. The van der Waals surface area contributed by atoms with Crippen molar-refractivity contribution in [2.24, 2.45) is 0 Å². The Labute approximate surface area is 103 Å². The maximum absolute atomic E-state index is 6.54. The summed E-state index contributed by atoms with van der Waals surface area (Å²) in [6, 6.07) is 16.9. The van der Waals surface area contributed by atoms with Crippen LogP contribution >= 0.6 is 18.5 Å². The normalized spacial score (nSPS) is 10.8. The molecule has 0 saturated heterocycles. The molecule has 0 atom stereocenters. The summed E-state index contributed by atoms with van der Waals surface area (Å²) in [4.78, 5) is 0. The summed E-state index contributed by atoms with van der Waals surface area (Å²) in [7, 11) is -0.731. The first-order chi connectivity index (χ1) is 7.66. The molecule has 0 aliphatic rings. The van der Waals surface area contributed by atoms with Crippen LogP contribution in [0.4, 0.5) is 0 Å². The molecule has 0 nitrogen and oxygen atoms in total. The van der Waals surface area contributed by atoms with Crippen molar-refractivity contribution in [1.29, 1.82) is 0 Å². The highest BCUT2D eigenvalue weighted by Gasteiger charge is 2.10. The largest absolute Gasteiger partial charge is 0.0859 e. The molecule has 82 valence electrons. The van der Waals surface area contributed by atoms with E-state index < -0.39 is 7.27 Å². The van der Waals surface area contributed by atoms with Crippen LogP contribution in [0.25, 0.3) is 0 Å². The fraction of sp³-hybridized carbons (Fsp3) is 0.143. The molecule has 2 aromatic carbocycles. The Balaban J connectivity index is 2.35. The van der Waals surface area contributed by atoms with Crippen LogP contribution in [0.3, 0.4) is 0 Å². The van der Waals surface area contributed by atoms with Crippen LogP contribution in [-0.2, 0) is 0 Å². The van der Waals surface area contributed by atoms with E-state index in [1.165, 1.54) is 21.7 Å². The summed E-state index contributed by atoms with van der Waals surface area (Å²) in [5.74, 6) is 0. The van der Waals surface area contributed by atoms with Gasteiger partial charge < -0.3 is 0 Å². The molecular weight excluding hydrogens is 235 g/mol. The fourth-order valence-electron chi connectivity index (χ4n) is 1.65. The molecule has 0 unspecified atom stereocenters. The van der Waals surface area contributed by atoms with E-state index in [9.17, 15) is 0 Å². The van der Waals surface area contributed by atoms with Gasteiger partial charge in [0.25, 0.3) is 0 Å². The lowest BCUT2D eigenvalue weighted by atomic mass is 10.2. The van der Waals surface area contributed by atoms with Gasteiger partial charge in [-0.05, 0) is 24.5 Å². The monoisotopic (exact) mass is 248 g/mol. The van der Waals surface area contributed by atoms with Crippen molar-refractivity contribution in [3.63, 3.8) is 0 Å². The number of rotatable bonds is 2. The van der Waals surface area contributed by atoms with Crippen molar-refractivity contribution < 1.29 is 0 Å². The van der Waals surface area contributed by atoms with E-state index in [4.69, 9.17) is 11.2 Å². The molecule has 2 rings (SSSR count). The average Bonchev–Trinajstić information content (AvgIpc) is 2.28. The zero-order chi connectivity index (χ0) is 11.5. The first kappa shape index (κ1) is 11.6. The number of benzene rings is 2. The molecule has 2 aromatic rings. The Hall–Kier alpha value is -0.840. The van der Waals surface area contributed by atoms with Crippen LogP contribution in [-0.4, -0.2) is 0 Å². The molecule has 0 amide bonds. The molecule has 0 radical (unpaired) electrons. The van der Waals surface area contributed by atoms with Gasteiger partial charge in [0.15, 0.2) is 0 Å². The number of aryl methyl sites for hydroxylation is 2. The van der Waals surface area contributed by atoms with Gasteiger partial charge in [0.1, 0.15) is 0 Å². The third-order valence-electron chi connectivity index (χ3n) is 2.46. The molecule has 0 N–H and O–H groups in total. The van der Waals surface area contributed by atoms with E-state index in [1.807, 2.05) is 0 Å². The van der Waals surface area contributed by atoms with Crippen LogP contribution in [0.2, 0.25) is 0 Å². The molecule has 16 heavy (non-hydrogen) atoms. The van der Waals surface area contributed by atoms with Gasteiger partial charge in [0.2, 0.25) is 0 Å². The predicted molar refractivity (Wildman–Crippen MR) is 74.4 cm³/mol. The Bertz CT molecular complexity index is 448. The average molecular weight is 249 g/mol. The van der Waals surface area contributed by atoms with Gasteiger partial charge in [0.05, 0.1) is 7.27 Å². The van der Waals surface area contributed by atoms with Gasteiger partial charge in [0, 0.05) is 0 Å². The lowest BCUT2D eigenvalue weighted by Gasteiger charge is -2.11. The number of hydrogen-bond acceptors (Lipinski definition) is 0. The Kier molecular flexibility index (Phi) is 3.63. The lowest BCUT2D eigenvalue weighted by Crippen LogP contribution is -2.08. The summed E-state index contributed by atoms with van der Waals surface area (Å²) < 4.78 is 0.